The third-order valence-electron chi connectivity index (χ3n) is 5.25. The Morgan fingerprint density at radius 1 is 0.750 bits per heavy atom. The van der Waals surface area contributed by atoms with Crippen LogP contribution >= 0.6 is 0 Å². The number of hydrogen-bond donors (Lipinski definition) is 2. The number of aromatic amines is 2. The standard InChI is InChI=1S/C22H26N8O2/c1-3-5-7-11-29-19-17(27-21(29)31)23-13-15(25-19)9-10-16-14-24-18-20(26-16)30(22(32)28-18)12-8-6-4-2/h13-14H,3-8,11-12H2,1-2H3,(H,23,27,31)(H,24,28,32). The third-order valence-corrected chi connectivity index (χ3v) is 5.25. The number of unbranched alkanes of at least 4 members (excludes halogenated alkanes) is 4. The molecule has 0 fully saturated rings. The van der Waals surface area contributed by atoms with Crippen LogP contribution in [0.15, 0.2) is 22.0 Å². The Balaban J connectivity index is 1.63. The van der Waals surface area contributed by atoms with E-state index < -0.39 is 0 Å². The Kier molecular flexibility index (Phi) is 6.44. The van der Waals surface area contributed by atoms with Gasteiger partial charge in [-0.3, -0.25) is 19.1 Å². The number of nitrogens with zero attached hydrogens (tertiary/aromatic N) is 6. The normalized spacial score (nSPS) is 11.2. The zero-order chi connectivity index (χ0) is 22.5. The molecule has 0 saturated heterocycles. The number of nitrogens with one attached hydrogen (secondary N) is 2. The fourth-order valence-corrected chi connectivity index (χ4v) is 3.54. The largest absolute Gasteiger partial charge is 0.328 e. The van der Waals surface area contributed by atoms with Gasteiger partial charge in [-0.2, -0.15) is 0 Å². The summed E-state index contributed by atoms with van der Waals surface area (Å²) in [6.45, 7) is 5.40. The second-order valence-corrected chi connectivity index (χ2v) is 7.68. The highest BCUT2D eigenvalue weighted by atomic mass is 16.1. The van der Waals surface area contributed by atoms with Crippen LogP contribution in [0.4, 0.5) is 0 Å². The molecule has 4 aromatic heterocycles. The molecule has 0 bridgehead atoms. The Labute approximate surface area is 184 Å². The van der Waals surface area contributed by atoms with Crippen molar-refractivity contribution in [3.8, 4) is 11.8 Å². The molecule has 0 unspecified atom stereocenters. The van der Waals surface area contributed by atoms with Gasteiger partial charge in [-0.15, -0.1) is 0 Å². The van der Waals surface area contributed by atoms with E-state index in [0.29, 0.717) is 47.1 Å². The van der Waals surface area contributed by atoms with Gasteiger partial charge in [-0.05, 0) is 24.7 Å². The maximum absolute atomic E-state index is 12.2. The lowest BCUT2D eigenvalue weighted by Crippen LogP contribution is -2.17. The molecule has 4 rings (SSSR count). The first-order chi connectivity index (χ1) is 15.6. The maximum atomic E-state index is 12.2. The predicted molar refractivity (Wildman–Crippen MR) is 121 cm³/mol. The van der Waals surface area contributed by atoms with E-state index in [1.54, 1.807) is 9.13 Å². The van der Waals surface area contributed by atoms with E-state index in [2.05, 4.69) is 55.6 Å². The van der Waals surface area contributed by atoms with Gasteiger partial charge in [0.15, 0.2) is 22.6 Å². The van der Waals surface area contributed by atoms with Crippen molar-refractivity contribution >= 4 is 22.6 Å². The molecule has 10 heteroatoms. The van der Waals surface area contributed by atoms with Gasteiger partial charge in [0.1, 0.15) is 11.4 Å². The van der Waals surface area contributed by atoms with Crippen LogP contribution in [0, 0.1) is 11.8 Å². The number of aryl methyl sites for hydroxylation is 2. The van der Waals surface area contributed by atoms with Crippen LogP contribution in [-0.2, 0) is 13.1 Å². The first-order valence-electron chi connectivity index (χ1n) is 11.0. The van der Waals surface area contributed by atoms with Crippen molar-refractivity contribution in [1.29, 1.82) is 0 Å². The lowest BCUT2D eigenvalue weighted by atomic mass is 10.2. The summed E-state index contributed by atoms with van der Waals surface area (Å²) in [5, 5.41) is 0. The summed E-state index contributed by atoms with van der Waals surface area (Å²) in [6, 6.07) is 0. The predicted octanol–water partition coefficient (Wildman–Crippen LogP) is 2.33. The first-order valence-corrected chi connectivity index (χ1v) is 11.0. The number of fused-ring (bicyclic) bond motifs is 2. The lowest BCUT2D eigenvalue weighted by Gasteiger charge is -2.01. The second kappa shape index (κ2) is 9.60. The summed E-state index contributed by atoms with van der Waals surface area (Å²) in [6.07, 6.45) is 9.04. The van der Waals surface area contributed by atoms with E-state index in [4.69, 9.17) is 0 Å². The Bertz CT molecular complexity index is 1310. The Hall–Kier alpha value is -3.74. The van der Waals surface area contributed by atoms with Crippen molar-refractivity contribution in [3.63, 3.8) is 0 Å². The molecule has 0 aliphatic heterocycles. The number of rotatable bonds is 8. The fraction of sp³-hybridized carbons (Fsp3) is 0.455. The molecule has 0 aliphatic rings. The lowest BCUT2D eigenvalue weighted by molar-refractivity contribution is 0.597. The second-order valence-electron chi connectivity index (χ2n) is 7.68. The number of H-pyrrole nitrogens is 2. The zero-order valence-electron chi connectivity index (χ0n) is 18.3. The van der Waals surface area contributed by atoms with E-state index in [0.717, 1.165) is 38.5 Å². The van der Waals surface area contributed by atoms with Gasteiger partial charge < -0.3 is 0 Å². The molecular weight excluding hydrogens is 408 g/mol. The van der Waals surface area contributed by atoms with Gasteiger partial charge >= 0.3 is 11.4 Å². The summed E-state index contributed by atoms with van der Waals surface area (Å²) >= 11 is 0. The summed E-state index contributed by atoms with van der Waals surface area (Å²) < 4.78 is 3.20. The average molecular weight is 435 g/mol. The van der Waals surface area contributed by atoms with Gasteiger partial charge in [0.25, 0.3) is 0 Å². The van der Waals surface area contributed by atoms with Crippen molar-refractivity contribution in [2.24, 2.45) is 0 Å². The third kappa shape index (κ3) is 4.46. The van der Waals surface area contributed by atoms with Crippen LogP contribution < -0.4 is 11.4 Å². The zero-order valence-corrected chi connectivity index (χ0v) is 18.3. The molecule has 4 heterocycles. The maximum Gasteiger partial charge on any atom is 0.328 e. The average Bonchev–Trinajstić information content (AvgIpc) is 3.27. The molecule has 0 atom stereocenters. The molecule has 0 radical (unpaired) electrons. The highest BCUT2D eigenvalue weighted by molar-refractivity contribution is 5.67. The molecule has 0 aromatic carbocycles. The molecule has 166 valence electrons. The van der Waals surface area contributed by atoms with Gasteiger partial charge in [-0.1, -0.05) is 39.5 Å². The monoisotopic (exact) mass is 434 g/mol. The van der Waals surface area contributed by atoms with E-state index >= 15 is 0 Å². The molecular formula is C22H26N8O2. The topological polar surface area (TPSA) is 127 Å². The summed E-state index contributed by atoms with van der Waals surface area (Å²) in [4.78, 5) is 47.5. The molecule has 0 amide bonds. The van der Waals surface area contributed by atoms with Crippen molar-refractivity contribution < 1.29 is 0 Å². The van der Waals surface area contributed by atoms with Gasteiger partial charge in [0.2, 0.25) is 0 Å². The van der Waals surface area contributed by atoms with E-state index in [1.807, 2.05) is 0 Å². The van der Waals surface area contributed by atoms with E-state index in [-0.39, 0.29) is 11.4 Å². The highest BCUT2D eigenvalue weighted by Gasteiger charge is 2.11. The van der Waals surface area contributed by atoms with Gasteiger partial charge in [0, 0.05) is 13.1 Å². The molecule has 32 heavy (non-hydrogen) atoms. The van der Waals surface area contributed by atoms with Crippen LogP contribution in [-0.4, -0.2) is 39.0 Å². The number of aromatic nitrogens is 8. The Morgan fingerprint density at radius 3 is 1.59 bits per heavy atom. The molecule has 10 nitrogen and oxygen atoms in total. The van der Waals surface area contributed by atoms with Crippen molar-refractivity contribution in [2.45, 2.75) is 65.5 Å². The number of imidazole rings is 2. The fourth-order valence-electron chi connectivity index (χ4n) is 3.54. The van der Waals surface area contributed by atoms with E-state index in [1.165, 1.54) is 12.4 Å². The molecule has 2 N–H and O–H groups in total. The minimum atomic E-state index is -0.217. The van der Waals surface area contributed by atoms with Crippen molar-refractivity contribution in [1.82, 2.24) is 39.0 Å². The minimum Gasteiger partial charge on any atom is -0.289 e. The molecule has 0 aliphatic carbocycles. The molecule has 4 aromatic rings. The van der Waals surface area contributed by atoms with Crippen LogP contribution in [0.5, 0.6) is 0 Å². The summed E-state index contributed by atoms with van der Waals surface area (Å²) in [7, 11) is 0. The summed E-state index contributed by atoms with van der Waals surface area (Å²) in [5.41, 5.74) is 2.30. The van der Waals surface area contributed by atoms with Crippen LogP contribution in [0.25, 0.3) is 22.6 Å². The SMILES string of the molecule is CCCCCn1c(=O)[nH]c2ncc(C#Cc3cnc4[nH]c(=O)n(CCCCC)c4n3)nc21. The quantitative estimate of drug-likeness (QED) is 0.324. The van der Waals surface area contributed by atoms with Crippen LogP contribution in [0.3, 0.4) is 0 Å². The minimum absolute atomic E-state index is 0.217. The highest BCUT2D eigenvalue weighted by Crippen LogP contribution is 2.09. The molecule has 0 saturated carbocycles. The smallest absolute Gasteiger partial charge is 0.289 e. The van der Waals surface area contributed by atoms with Gasteiger partial charge in [0.05, 0.1) is 12.4 Å². The van der Waals surface area contributed by atoms with Gasteiger partial charge in [-0.25, -0.2) is 29.5 Å². The number of hydrogen-bond acceptors (Lipinski definition) is 6. The van der Waals surface area contributed by atoms with Crippen LogP contribution in [0.2, 0.25) is 0 Å². The van der Waals surface area contributed by atoms with Crippen molar-refractivity contribution in [2.75, 3.05) is 0 Å². The van der Waals surface area contributed by atoms with Crippen LogP contribution in [0.1, 0.15) is 63.8 Å². The molecule has 0 spiro atoms. The van der Waals surface area contributed by atoms with E-state index in [9.17, 15) is 9.59 Å². The summed E-state index contributed by atoms with van der Waals surface area (Å²) in [5.74, 6) is 5.89. The van der Waals surface area contributed by atoms with Crippen molar-refractivity contribution in [3.05, 3.63) is 44.8 Å². The Morgan fingerprint density at radius 2 is 1.19 bits per heavy atom. The first kappa shape index (κ1) is 21.5.